The van der Waals surface area contributed by atoms with E-state index in [1.165, 1.54) is 0 Å². The third-order valence-corrected chi connectivity index (χ3v) is 1.54. The first-order valence-electron chi connectivity index (χ1n) is 4.56. The molecule has 0 aromatic carbocycles. The second-order valence-corrected chi connectivity index (χ2v) is 3.74. The summed E-state index contributed by atoms with van der Waals surface area (Å²) in [5.74, 6) is 0.193. The fraction of sp³-hybridized carbons (Fsp3) is 0.636. The van der Waals surface area contributed by atoms with Crippen molar-refractivity contribution in [3.63, 3.8) is 0 Å². The van der Waals surface area contributed by atoms with Crippen molar-refractivity contribution in [2.45, 2.75) is 27.7 Å². The van der Waals surface area contributed by atoms with Crippen LogP contribution in [-0.2, 0) is 9.53 Å². The summed E-state index contributed by atoms with van der Waals surface area (Å²) in [7, 11) is 0. The Morgan fingerprint density at radius 2 is 1.92 bits per heavy atom. The molecule has 0 bridgehead atoms. The van der Waals surface area contributed by atoms with E-state index in [0.29, 0.717) is 18.1 Å². The molecule has 0 fully saturated rings. The van der Waals surface area contributed by atoms with E-state index in [4.69, 9.17) is 4.74 Å². The maximum atomic E-state index is 11.4. The van der Waals surface area contributed by atoms with Crippen LogP contribution in [0.1, 0.15) is 27.7 Å². The van der Waals surface area contributed by atoms with Crippen molar-refractivity contribution in [2.75, 3.05) is 6.61 Å². The lowest BCUT2D eigenvalue weighted by Crippen LogP contribution is -2.14. The zero-order valence-corrected chi connectivity index (χ0v) is 8.89. The molecule has 0 saturated heterocycles. The largest absolute Gasteiger partial charge is 0.462 e. The monoisotopic (exact) mass is 182 g/mol. The fourth-order valence-corrected chi connectivity index (χ4v) is 0.832. The summed E-state index contributed by atoms with van der Waals surface area (Å²) in [6, 6.07) is 0. The molecule has 0 aliphatic rings. The van der Waals surface area contributed by atoms with Crippen molar-refractivity contribution in [1.82, 2.24) is 0 Å². The number of hydrogen-bond donors (Lipinski definition) is 0. The van der Waals surface area contributed by atoms with Crippen LogP contribution in [0.5, 0.6) is 0 Å². The zero-order valence-electron chi connectivity index (χ0n) is 8.89. The average Bonchev–Trinajstić information content (AvgIpc) is 2.01. The average molecular weight is 182 g/mol. The molecule has 0 aliphatic heterocycles. The Balaban J connectivity index is 4.18. The highest BCUT2D eigenvalue weighted by Gasteiger charge is 2.14. The Morgan fingerprint density at radius 3 is 2.23 bits per heavy atom. The molecule has 2 heteroatoms. The van der Waals surface area contributed by atoms with Crippen molar-refractivity contribution in [3.8, 4) is 0 Å². The van der Waals surface area contributed by atoms with Gasteiger partial charge in [0.15, 0.2) is 0 Å². The van der Waals surface area contributed by atoms with Gasteiger partial charge in [-0.1, -0.05) is 34.3 Å². The topological polar surface area (TPSA) is 26.3 Å². The quantitative estimate of drug-likeness (QED) is 0.379. The minimum Gasteiger partial charge on any atom is -0.462 e. The van der Waals surface area contributed by atoms with Crippen LogP contribution in [0, 0.1) is 11.8 Å². The summed E-state index contributed by atoms with van der Waals surface area (Å²) in [6.45, 7) is 11.8. The second-order valence-electron chi connectivity index (χ2n) is 3.74. The van der Waals surface area contributed by atoms with Gasteiger partial charge in [0.2, 0.25) is 0 Å². The predicted molar refractivity (Wildman–Crippen MR) is 53.3 cm³/mol. The van der Waals surface area contributed by atoms with Crippen LogP contribution in [0.2, 0.25) is 0 Å². The first-order valence-corrected chi connectivity index (χ1v) is 4.56. The van der Waals surface area contributed by atoms with Gasteiger partial charge in [-0.05, 0) is 11.8 Å². The highest BCUT2D eigenvalue weighted by Crippen LogP contribution is 2.10. The van der Waals surface area contributed by atoms with Crippen LogP contribution < -0.4 is 0 Å². The van der Waals surface area contributed by atoms with Crippen molar-refractivity contribution < 1.29 is 9.53 Å². The summed E-state index contributed by atoms with van der Waals surface area (Å²) in [5, 5.41) is 0. The van der Waals surface area contributed by atoms with E-state index in [1.54, 1.807) is 0 Å². The molecule has 13 heavy (non-hydrogen) atoms. The Labute approximate surface area is 80.3 Å². The molecule has 74 valence electrons. The molecule has 0 saturated carbocycles. The minimum atomic E-state index is -0.293. The molecule has 0 N–H and O–H groups in total. The van der Waals surface area contributed by atoms with E-state index in [1.807, 2.05) is 27.7 Å². The van der Waals surface area contributed by atoms with E-state index >= 15 is 0 Å². The van der Waals surface area contributed by atoms with E-state index in [0.717, 1.165) is 0 Å². The third kappa shape index (κ3) is 4.54. The first-order chi connectivity index (χ1) is 5.99. The number of esters is 1. The molecule has 0 radical (unpaired) electrons. The molecule has 0 rings (SSSR count). The summed E-state index contributed by atoms with van der Waals surface area (Å²) in [4.78, 5) is 11.4. The SMILES string of the molecule is C=C=C(C(=O)OCC(C)C)C(C)C. The van der Waals surface area contributed by atoms with Gasteiger partial charge < -0.3 is 4.74 Å². The van der Waals surface area contributed by atoms with Gasteiger partial charge in [-0.15, -0.1) is 5.73 Å². The number of hydrogen-bond acceptors (Lipinski definition) is 2. The number of carbonyl (C=O) groups excluding carboxylic acids is 1. The summed E-state index contributed by atoms with van der Waals surface area (Å²) >= 11 is 0. The van der Waals surface area contributed by atoms with Gasteiger partial charge in [-0.2, -0.15) is 0 Å². The predicted octanol–water partition coefficient (Wildman–Crippen LogP) is 2.55. The Morgan fingerprint density at radius 1 is 1.38 bits per heavy atom. The van der Waals surface area contributed by atoms with Gasteiger partial charge in [0, 0.05) is 0 Å². The van der Waals surface area contributed by atoms with Crippen LogP contribution in [0.3, 0.4) is 0 Å². The van der Waals surface area contributed by atoms with E-state index < -0.39 is 0 Å². The normalized spacial score (nSPS) is 10.0. The second kappa shape index (κ2) is 5.60. The van der Waals surface area contributed by atoms with Gasteiger partial charge >= 0.3 is 5.97 Å². The molecule has 0 unspecified atom stereocenters. The maximum absolute atomic E-state index is 11.4. The van der Waals surface area contributed by atoms with Gasteiger partial charge in [-0.3, -0.25) is 0 Å². The fourth-order valence-electron chi connectivity index (χ4n) is 0.832. The van der Waals surface area contributed by atoms with Crippen LogP contribution in [-0.4, -0.2) is 12.6 Å². The lowest BCUT2D eigenvalue weighted by atomic mass is 10.1. The van der Waals surface area contributed by atoms with Gasteiger partial charge in [0.1, 0.15) is 0 Å². The van der Waals surface area contributed by atoms with Crippen molar-refractivity contribution >= 4 is 5.97 Å². The Hall–Kier alpha value is -1.01. The molecule has 2 nitrogen and oxygen atoms in total. The first kappa shape index (κ1) is 12.0. The molecule has 0 atom stereocenters. The van der Waals surface area contributed by atoms with Crippen LogP contribution >= 0.6 is 0 Å². The molecule has 0 aromatic rings. The lowest BCUT2D eigenvalue weighted by Gasteiger charge is -2.10. The summed E-state index contributed by atoms with van der Waals surface area (Å²) in [5.41, 5.74) is 3.15. The molecule has 0 spiro atoms. The Kier molecular flexibility index (Phi) is 5.17. The van der Waals surface area contributed by atoms with Crippen molar-refractivity contribution in [2.24, 2.45) is 11.8 Å². The standard InChI is InChI=1S/C11H18O2/c1-6-10(9(4)5)11(12)13-7-8(2)3/h8-9H,1,7H2,2-5H3. The van der Waals surface area contributed by atoms with Crippen LogP contribution in [0.4, 0.5) is 0 Å². The highest BCUT2D eigenvalue weighted by molar-refractivity contribution is 5.88. The van der Waals surface area contributed by atoms with Gasteiger partial charge in [0.25, 0.3) is 0 Å². The zero-order chi connectivity index (χ0) is 10.4. The number of rotatable bonds is 4. The van der Waals surface area contributed by atoms with Crippen LogP contribution in [0.15, 0.2) is 17.9 Å². The molecule has 0 aromatic heterocycles. The van der Waals surface area contributed by atoms with Gasteiger partial charge in [0.05, 0.1) is 12.2 Å². The smallest absolute Gasteiger partial charge is 0.342 e. The Bertz CT molecular complexity index is 220. The van der Waals surface area contributed by atoms with Crippen LogP contribution in [0.25, 0.3) is 0 Å². The molecule has 0 heterocycles. The van der Waals surface area contributed by atoms with E-state index in [9.17, 15) is 4.79 Å². The van der Waals surface area contributed by atoms with Gasteiger partial charge in [-0.25, -0.2) is 4.79 Å². The number of carbonyl (C=O) groups is 1. The van der Waals surface area contributed by atoms with E-state index in [-0.39, 0.29) is 11.9 Å². The highest BCUT2D eigenvalue weighted by atomic mass is 16.5. The minimum absolute atomic E-state index is 0.122. The number of ether oxygens (including phenoxy) is 1. The van der Waals surface area contributed by atoms with E-state index in [2.05, 4.69) is 12.3 Å². The summed E-state index contributed by atoms with van der Waals surface area (Å²) < 4.78 is 5.04. The maximum Gasteiger partial charge on any atom is 0.342 e. The van der Waals surface area contributed by atoms with Crippen molar-refractivity contribution in [3.05, 3.63) is 17.9 Å². The lowest BCUT2D eigenvalue weighted by molar-refractivity contribution is -0.140. The summed E-state index contributed by atoms with van der Waals surface area (Å²) in [6.07, 6.45) is 0. The molecule has 0 amide bonds. The van der Waals surface area contributed by atoms with Crippen molar-refractivity contribution in [1.29, 1.82) is 0 Å². The molecular weight excluding hydrogens is 164 g/mol. The molecule has 0 aliphatic carbocycles. The molecular formula is C11H18O2. The third-order valence-electron chi connectivity index (χ3n) is 1.54.